The molecule has 0 heterocycles. The van der Waals surface area contributed by atoms with Crippen LogP contribution in [0.25, 0.3) is 0 Å². The smallest absolute Gasteiger partial charge is 0.255 e. The minimum atomic E-state index is -3.86. The van der Waals surface area contributed by atoms with Crippen LogP contribution in [0.3, 0.4) is 0 Å². The fourth-order valence-corrected chi connectivity index (χ4v) is 5.45. The molecular formula is C22H27ClN2O4S. The second-order valence-electron chi connectivity index (χ2n) is 7.77. The summed E-state index contributed by atoms with van der Waals surface area (Å²) in [6, 6.07) is 9.46. The molecule has 162 valence electrons. The van der Waals surface area contributed by atoms with E-state index in [0.29, 0.717) is 10.7 Å². The van der Waals surface area contributed by atoms with Gasteiger partial charge in [-0.2, -0.15) is 0 Å². The van der Waals surface area contributed by atoms with Crippen molar-refractivity contribution in [1.82, 2.24) is 4.72 Å². The van der Waals surface area contributed by atoms with E-state index in [9.17, 15) is 13.2 Å². The number of aryl methyl sites for hydroxylation is 1. The normalized spacial score (nSPS) is 19.3. The number of halogens is 1. The molecule has 0 spiro atoms. The van der Waals surface area contributed by atoms with Gasteiger partial charge in [0.25, 0.3) is 5.91 Å². The monoisotopic (exact) mass is 450 g/mol. The van der Waals surface area contributed by atoms with E-state index in [4.69, 9.17) is 16.3 Å². The lowest BCUT2D eigenvalue weighted by molar-refractivity contribution is 0.102. The van der Waals surface area contributed by atoms with Gasteiger partial charge in [0.1, 0.15) is 10.6 Å². The number of methoxy groups -OCH3 is 1. The molecular weight excluding hydrogens is 424 g/mol. The lowest BCUT2D eigenvalue weighted by Crippen LogP contribution is -2.41. The highest BCUT2D eigenvalue weighted by Crippen LogP contribution is 2.29. The lowest BCUT2D eigenvalue weighted by atomic mass is 9.87. The number of hydrogen-bond acceptors (Lipinski definition) is 4. The number of carbonyl (C=O) groups excluding carboxylic acids is 1. The van der Waals surface area contributed by atoms with E-state index in [1.807, 2.05) is 6.92 Å². The molecule has 0 radical (unpaired) electrons. The van der Waals surface area contributed by atoms with Crippen molar-refractivity contribution in [2.24, 2.45) is 5.92 Å². The maximum atomic E-state index is 13.1. The topological polar surface area (TPSA) is 84.5 Å². The number of rotatable bonds is 6. The molecule has 0 bridgehead atoms. The number of amides is 1. The molecule has 3 rings (SSSR count). The van der Waals surface area contributed by atoms with Crippen LogP contribution >= 0.6 is 11.6 Å². The van der Waals surface area contributed by atoms with E-state index >= 15 is 0 Å². The standard InChI is InChI=1S/C22H27ClN2O4S/c1-14-6-4-5-7-18(14)25-30(27,28)21-12-16(9-11-20(21)29-3)22(26)24-19-13-17(23)10-8-15(19)2/h8-14,18,25H,4-7H2,1-3H3,(H,24,26). The predicted molar refractivity (Wildman–Crippen MR) is 119 cm³/mol. The summed E-state index contributed by atoms with van der Waals surface area (Å²) in [7, 11) is -2.45. The quantitative estimate of drug-likeness (QED) is 0.664. The third-order valence-corrected chi connectivity index (χ3v) is 7.33. The molecule has 30 heavy (non-hydrogen) atoms. The predicted octanol–water partition coefficient (Wildman–Crippen LogP) is 4.77. The van der Waals surface area contributed by atoms with Crippen LogP contribution < -0.4 is 14.8 Å². The third kappa shape index (κ3) is 5.14. The van der Waals surface area contributed by atoms with Gasteiger partial charge in [-0.25, -0.2) is 13.1 Å². The zero-order chi connectivity index (χ0) is 21.9. The molecule has 1 aliphatic carbocycles. The highest BCUT2D eigenvalue weighted by Gasteiger charge is 2.29. The van der Waals surface area contributed by atoms with Crippen LogP contribution in [0.2, 0.25) is 5.02 Å². The van der Waals surface area contributed by atoms with Gasteiger partial charge in [0.15, 0.2) is 0 Å². The minimum absolute atomic E-state index is 0.0433. The van der Waals surface area contributed by atoms with Gasteiger partial charge in [0, 0.05) is 22.3 Å². The van der Waals surface area contributed by atoms with Crippen molar-refractivity contribution in [3.8, 4) is 5.75 Å². The van der Waals surface area contributed by atoms with Crippen molar-refractivity contribution >= 4 is 33.2 Å². The Kier molecular flexibility index (Phi) is 7.06. The lowest BCUT2D eigenvalue weighted by Gasteiger charge is -2.29. The Morgan fingerprint density at radius 3 is 2.57 bits per heavy atom. The van der Waals surface area contributed by atoms with Crippen molar-refractivity contribution in [2.45, 2.75) is 50.5 Å². The van der Waals surface area contributed by atoms with E-state index in [1.165, 1.54) is 25.3 Å². The molecule has 1 saturated carbocycles. The molecule has 0 aliphatic heterocycles. The number of ether oxygens (including phenoxy) is 1. The van der Waals surface area contributed by atoms with Gasteiger partial charge in [-0.15, -0.1) is 0 Å². The Morgan fingerprint density at radius 2 is 1.87 bits per heavy atom. The highest BCUT2D eigenvalue weighted by molar-refractivity contribution is 7.89. The summed E-state index contributed by atoms with van der Waals surface area (Å²) in [5, 5.41) is 3.29. The maximum absolute atomic E-state index is 13.1. The second-order valence-corrected chi connectivity index (χ2v) is 9.89. The Bertz CT molecular complexity index is 1040. The SMILES string of the molecule is COc1ccc(C(=O)Nc2cc(Cl)ccc2C)cc1S(=O)(=O)NC1CCCCC1C. The van der Waals surface area contributed by atoms with Crippen LogP contribution in [0.15, 0.2) is 41.3 Å². The number of hydrogen-bond donors (Lipinski definition) is 2. The zero-order valence-corrected chi connectivity index (χ0v) is 18.9. The molecule has 8 heteroatoms. The van der Waals surface area contributed by atoms with Gasteiger partial charge in [0.2, 0.25) is 10.0 Å². The first-order chi connectivity index (χ1) is 14.2. The molecule has 2 atom stereocenters. The van der Waals surface area contributed by atoms with Crippen molar-refractivity contribution in [3.63, 3.8) is 0 Å². The Morgan fingerprint density at radius 1 is 1.13 bits per heavy atom. The fraction of sp³-hybridized carbons (Fsp3) is 0.409. The van der Waals surface area contributed by atoms with Crippen molar-refractivity contribution in [2.75, 3.05) is 12.4 Å². The molecule has 2 aromatic carbocycles. The molecule has 0 aromatic heterocycles. The van der Waals surface area contributed by atoms with E-state index in [2.05, 4.69) is 17.0 Å². The largest absolute Gasteiger partial charge is 0.495 e. The summed E-state index contributed by atoms with van der Waals surface area (Å²) in [4.78, 5) is 12.7. The van der Waals surface area contributed by atoms with Crippen molar-refractivity contribution in [1.29, 1.82) is 0 Å². The first-order valence-corrected chi connectivity index (χ1v) is 11.9. The van der Waals surface area contributed by atoms with Crippen LogP contribution in [-0.4, -0.2) is 27.5 Å². The number of sulfonamides is 1. The summed E-state index contributed by atoms with van der Waals surface area (Å²) in [6.45, 7) is 3.91. The van der Waals surface area contributed by atoms with Crippen LogP contribution in [0, 0.1) is 12.8 Å². The van der Waals surface area contributed by atoms with Crippen LogP contribution in [0.4, 0.5) is 5.69 Å². The summed E-state index contributed by atoms with van der Waals surface area (Å²) >= 11 is 6.02. The third-order valence-electron chi connectivity index (χ3n) is 5.58. The van der Waals surface area contributed by atoms with Crippen molar-refractivity contribution < 1.29 is 17.9 Å². The van der Waals surface area contributed by atoms with Crippen molar-refractivity contribution in [3.05, 3.63) is 52.5 Å². The van der Waals surface area contributed by atoms with Gasteiger partial charge in [-0.1, -0.05) is 37.4 Å². The average molecular weight is 451 g/mol. The summed E-state index contributed by atoms with van der Waals surface area (Å²) < 4.78 is 34.3. The zero-order valence-electron chi connectivity index (χ0n) is 17.4. The number of benzene rings is 2. The molecule has 6 nitrogen and oxygen atoms in total. The molecule has 2 N–H and O–H groups in total. The Balaban J connectivity index is 1.89. The number of anilines is 1. The second kappa shape index (κ2) is 9.37. The Hall–Kier alpha value is -2.09. The molecule has 1 aliphatic rings. The average Bonchev–Trinajstić information content (AvgIpc) is 2.71. The van der Waals surface area contributed by atoms with E-state index < -0.39 is 15.9 Å². The van der Waals surface area contributed by atoms with Crippen LogP contribution in [-0.2, 0) is 10.0 Å². The van der Waals surface area contributed by atoms with Gasteiger partial charge in [-0.05, 0) is 61.6 Å². The Labute approximate surface area is 183 Å². The summed E-state index contributed by atoms with van der Waals surface area (Å²) in [5.41, 5.74) is 1.64. The molecule has 0 saturated heterocycles. The minimum Gasteiger partial charge on any atom is -0.495 e. The van der Waals surface area contributed by atoms with Crippen LogP contribution in [0.1, 0.15) is 48.5 Å². The first kappa shape index (κ1) is 22.6. The maximum Gasteiger partial charge on any atom is 0.255 e. The van der Waals surface area contributed by atoms with E-state index in [0.717, 1.165) is 31.2 Å². The van der Waals surface area contributed by atoms with Gasteiger partial charge in [0.05, 0.1) is 7.11 Å². The fourth-order valence-electron chi connectivity index (χ4n) is 3.71. The van der Waals surface area contributed by atoms with Gasteiger partial charge in [-0.3, -0.25) is 4.79 Å². The summed E-state index contributed by atoms with van der Waals surface area (Å²) in [6.07, 6.45) is 3.90. The summed E-state index contributed by atoms with van der Waals surface area (Å²) in [5.74, 6) is 0.0313. The van der Waals surface area contributed by atoms with Gasteiger partial charge >= 0.3 is 0 Å². The molecule has 1 fully saturated rings. The van der Waals surface area contributed by atoms with E-state index in [-0.39, 0.29) is 28.2 Å². The molecule has 1 amide bonds. The number of carbonyl (C=O) groups is 1. The number of nitrogens with one attached hydrogen (secondary N) is 2. The van der Waals surface area contributed by atoms with Crippen LogP contribution in [0.5, 0.6) is 5.75 Å². The van der Waals surface area contributed by atoms with E-state index in [1.54, 1.807) is 18.2 Å². The molecule has 2 aromatic rings. The highest BCUT2D eigenvalue weighted by atomic mass is 35.5. The first-order valence-electron chi connectivity index (χ1n) is 9.99. The molecule has 2 unspecified atom stereocenters. The van der Waals surface area contributed by atoms with Gasteiger partial charge < -0.3 is 10.1 Å².